The third-order valence-electron chi connectivity index (χ3n) is 1.58. The molecule has 1 atom stereocenters. The molecular weight excluding hydrogens is 186 g/mol. The quantitative estimate of drug-likeness (QED) is 0.746. The highest BCUT2D eigenvalue weighted by atomic mass is 32.1. The number of carbonyl (C=O) groups excluding carboxylic acids is 1. The lowest BCUT2D eigenvalue weighted by molar-refractivity contribution is 0.0937. The number of rotatable bonds is 3. The molecule has 0 aliphatic rings. The van der Waals surface area contributed by atoms with Crippen LogP contribution in [0.15, 0.2) is 5.38 Å². The minimum Gasteiger partial charge on any atom is -0.347 e. The third kappa shape index (κ3) is 2.78. The van der Waals surface area contributed by atoms with Crippen molar-refractivity contribution in [3.63, 3.8) is 0 Å². The lowest BCUT2D eigenvalue weighted by Crippen LogP contribution is -2.37. The number of hydrogen-bond acceptors (Lipinski definition) is 4. The van der Waals surface area contributed by atoms with Gasteiger partial charge in [-0.3, -0.25) is 4.79 Å². The standard InChI is InChI=1S/C8H13N3OS/c1-5(3-9)10-8(12)7-4-13-6(2)11-7/h4-5H,3,9H2,1-2H3,(H,10,12)/t5-/m1/s1. The van der Waals surface area contributed by atoms with Crippen molar-refractivity contribution in [3.8, 4) is 0 Å². The predicted molar refractivity (Wildman–Crippen MR) is 52.8 cm³/mol. The van der Waals surface area contributed by atoms with Gasteiger partial charge in [-0.1, -0.05) is 0 Å². The Bertz CT molecular complexity index is 297. The number of aromatic nitrogens is 1. The van der Waals surface area contributed by atoms with Crippen LogP contribution < -0.4 is 11.1 Å². The average Bonchev–Trinajstić information content (AvgIpc) is 2.51. The second kappa shape index (κ2) is 4.34. The molecule has 0 bridgehead atoms. The Balaban J connectivity index is 2.58. The maximum absolute atomic E-state index is 11.4. The Morgan fingerprint density at radius 1 is 1.85 bits per heavy atom. The number of aryl methyl sites for hydroxylation is 1. The van der Waals surface area contributed by atoms with Crippen LogP contribution in [-0.2, 0) is 0 Å². The van der Waals surface area contributed by atoms with Crippen LogP contribution in [-0.4, -0.2) is 23.5 Å². The van der Waals surface area contributed by atoms with Crippen LogP contribution in [0.3, 0.4) is 0 Å². The minimum atomic E-state index is -0.151. The summed E-state index contributed by atoms with van der Waals surface area (Å²) in [7, 11) is 0. The zero-order chi connectivity index (χ0) is 9.84. The van der Waals surface area contributed by atoms with Crippen LogP contribution in [0.5, 0.6) is 0 Å². The van der Waals surface area contributed by atoms with Gasteiger partial charge in [-0.05, 0) is 13.8 Å². The summed E-state index contributed by atoms with van der Waals surface area (Å²) in [6.07, 6.45) is 0. The van der Waals surface area contributed by atoms with E-state index in [1.165, 1.54) is 11.3 Å². The summed E-state index contributed by atoms with van der Waals surface area (Å²) in [6.45, 7) is 4.17. The maximum Gasteiger partial charge on any atom is 0.271 e. The summed E-state index contributed by atoms with van der Waals surface area (Å²) in [4.78, 5) is 15.5. The van der Waals surface area contributed by atoms with Crippen molar-refractivity contribution in [1.82, 2.24) is 10.3 Å². The van der Waals surface area contributed by atoms with Crippen LogP contribution >= 0.6 is 11.3 Å². The number of nitrogens with zero attached hydrogens (tertiary/aromatic N) is 1. The molecule has 0 aliphatic heterocycles. The van der Waals surface area contributed by atoms with Gasteiger partial charge >= 0.3 is 0 Å². The first kappa shape index (κ1) is 10.1. The largest absolute Gasteiger partial charge is 0.347 e. The lowest BCUT2D eigenvalue weighted by Gasteiger charge is -2.08. The fourth-order valence-electron chi connectivity index (χ4n) is 0.824. The van der Waals surface area contributed by atoms with Gasteiger partial charge in [0.25, 0.3) is 5.91 Å². The van der Waals surface area contributed by atoms with E-state index in [0.717, 1.165) is 5.01 Å². The van der Waals surface area contributed by atoms with Gasteiger partial charge in [-0.25, -0.2) is 4.98 Å². The molecule has 0 aromatic carbocycles. The molecule has 0 fully saturated rings. The van der Waals surface area contributed by atoms with Crippen molar-refractivity contribution in [3.05, 3.63) is 16.1 Å². The summed E-state index contributed by atoms with van der Waals surface area (Å²) >= 11 is 1.46. The van der Waals surface area contributed by atoms with Gasteiger partial charge in [-0.2, -0.15) is 0 Å². The van der Waals surface area contributed by atoms with Crippen molar-refractivity contribution < 1.29 is 4.79 Å². The van der Waals surface area contributed by atoms with Gasteiger partial charge in [0, 0.05) is 18.0 Å². The van der Waals surface area contributed by atoms with Crippen LogP contribution in [0.1, 0.15) is 22.4 Å². The summed E-state index contributed by atoms with van der Waals surface area (Å²) in [6, 6.07) is -0.00509. The van der Waals surface area contributed by atoms with E-state index < -0.39 is 0 Å². The van der Waals surface area contributed by atoms with Gasteiger partial charge < -0.3 is 11.1 Å². The number of nitrogens with one attached hydrogen (secondary N) is 1. The van der Waals surface area contributed by atoms with E-state index in [2.05, 4.69) is 10.3 Å². The Hall–Kier alpha value is -0.940. The topological polar surface area (TPSA) is 68.0 Å². The highest BCUT2D eigenvalue weighted by molar-refractivity contribution is 7.09. The molecule has 1 aromatic heterocycles. The molecule has 0 unspecified atom stereocenters. The van der Waals surface area contributed by atoms with E-state index in [9.17, 15) is 4.79 Å². The molecule has 1 aromatic rings. The normalized spacial score (nSPS) is 12.5. The molecule has 0 saturated heterocycles. The molecular formula is C8H13N3OS. The van der Waals surface area contributed by atoms with Crippen molar-refractivity contribution in [2.45, 2.75) is 19.9 Å². The third-order valence-corrected chi connectivity index (χ3v) is 2.36. The van der Waals surface area contributed by atoms with Gasteiger partial charge in [0.05, 0.1) is 5.01 Å². The summed E-state index contributed by atoms with van der Waals surface area (Å²) in [5.41, 5.74) is 5.85. The molecule has 1 amide bonds. The molecule has 1 heterocycles. The number of amides is 1. The predicted octanol–water partition coefficient (Wildman–Crippen LogP) is 0.529. The van der Waals surface area contributed by atoms with Crippen LogP contribution in [0.4, 0.5) is 0 Å². The fraction of sp³-hybridized carbons (Fsp3) is 0.500. The van der Waals surface area contributed by atoms with E-state index in [1.807, 2.05) is 13.8 Å². The monoisotopic (exact) mass is 199 g/mol. The van der Waals surface area contributed by atoms with E-state index in [4.69, 9.17) is 5.73 Å². The molecule has 0 spiro atoms. The molecule has 13 heavy (non-hydrogen) atoms. The second-order valence-electron chi connectivity index (χ2n) is 2.86. The van der Waals surface area contributed by atoms with Gasteiger partial charge in [0.1, 0.15) is 5.69 Å². The van der Waals surface area contributed by atoms with E-state index in [1.54, 1.807) is 5.38 Å². The van der Waals surface area contributed by atoms with Gasteiger partial charge in [-0.15, -0.1) is 11.3 Å². The van der Waals surface area contributed by atoms with Gasteiger partial charge in [0.15, 0.2) is 0 Å². The first-order valence-corrected chi connectivity index (χ1v) is 4.94. The highest BCUT2D eigenvalue weighted by Gasteiger charge is 2.10. The number of carbonyl (C=O) groups is 1. The second-order valence-corrected chi connectivity index (χ2v) is 3.92. The zero-order valence-electron chi connectivity index (χ0n) is 7.70. The molecule has 3 N–H and O–H groups in total. The number of thiazole rings is 1. The Kier molecular flexibility index (Phi) is 3.39. The summed E-state index contributed by atoms with van der Waals surface area (Å²) in [5.74, 6) is -0.151. The van der Waals surface area contributed by atoms with Crippen molar-refractivity contribution in [1.29, 1.82) is 0 Å². The van der Waals surface area contributed by atoms with E-state index in [0.29, 0.717) is 12.2 Å². The molecule has 72 valence electrons. The van der Waals surface area contributed by atoms with Crippen molar-refractivity contribution in [2.24, 2.45) is 5.73 Å². The summed E-state index contributed by atoms with van der Waals surface area (Å²) < 4.78 is 0. The average molecular weight is 199 g/mol. The lowest BCUT2D eigenvalue weighted by atomic mass is 10.3. The van der Waals surface area contributed by atoms with E-state index >= 15 is 0 Å². The molecule has 1 rings (SSSR count). The first-order chi connectivity index (χ1) is 6.13. The zero-order valence-corrected chi connectivity index (χ0v) is 8.52. The highest BCUT2D eigenvalue weighted by Crippen LogP contribution is 2.07. The molecule has 4 nitrogen and oxygen atoms in total. The number of nitrogens with two attached hydrogens (primary N) is 1. The SMILES string of the molecule is Cc1nc(C(=O)N[C@H](C)CN)cs1. The maximum atomic E-state index is 11.4. The Morgan fingerprint density at radius 3 is 3.00 bits per heavy atom. The molecule has 5 heteroatoms. The number of hydrogen-bond donors (Lipinski definition) is 2. The Morgan fingerprint density at radius 2 is 2.54 bits per heavy atom. The molecule has 0 aliphatic carbocycles. The first-order valence-electron chi connectivity index (χ1n) is 4.06. The van der Waals surface area contributed by atoms with Gasteiger partial charge in [0.2, 0.25) is 0 Å². The smallest absolute Gasteiger partial charge is 0.271 e. The minimum absolute atomic E-state index is 0.00509. The fourth-order valence-corrected chi connectivity index (χ4v) is 1.42. The molecule has 0 radical (unpaired) electrons. The van der Waals surface area contributed by atoms with Crippen molar-refractivity contribution >= 4 is 17.2 Å². The van der Waals surface area contributed by atoms with E-state index in [-0.39, 0.29) is 11.9 Å². The molecule has 0 saturated carbocycles. The summed E-state index contributed by atoms with van der Waals surface area (Å²) in [5, 5.41) is 5.38. The van der Waals surface area contributed by atoms with Crippen LogP contribution in [0, 0.1) is 6.92 Å². The van der Waals surface area contributed by atoms with Crippen LogP contribution in [0.2, 0.25) is 0 Å². The van der Waals surface area contributed by atoms with Crippen LogP contribution in [0.25, 0.3) is 0 Å². The Labute approximate surface area is 81.2 Å². The van der Waals surface area contributed by atoms with Crippen molar-refractivity contribution in [2.75, 3.05) is 6.54 Å².